The molecule has 1 aromatic carbocycles. The van der Waals surface area contributed by atoms with Crippen LogP contribution in [-0.2, 0) is 6.42 Å². The van der Waals surface area contributed by atoms with Crippen molar-refractivity contribution in [3.8, 4) is 0 Å². The van der Waals surface area contributed by atoms with E-state index in [1.54, 1.807) is 11.8 Å². The van der Waals surface area contributed by atoms with Crippen LogP contribution in [0.1, 0.15) is 44.0 Å². The van der Waals surface area contributed by atoms with E-state index in [2.05, 4.69) is 71.5 Å². The minimum atomic E-state index is 0.592. The summed E-state index contributed by atoms with van der Waals surface area (Å²) < 4.78 is 2.41. The van der Waals surface area contributed by atoms with E-state index in [0.717, 1.165) is 62.5 Å². The number of aliphatic imine (C=N–C) groups is 1. The Morgan fingerprint density at radius 2 is 1.84 bits per heavy atom. The molecule has 7 nitrogen and oxygen atoms in total. The summed E-state index contributed by atoms with van der Waals surface area (Å²) in [7, 11) is 1.88. The second-order valence-electron chi connectivity index (χ2n) is 8.30. The second kappa shape index (κ2) is 10.9. The maximum atomic E-state index is 4.53. The minimum absolute atomic E-state index is 0.592. The molecule has 1 N–H and O–H groups in total. The lowest BCUT2D eigenvalue weighted by Crippen LogP contribution is -2.52. The molecule has 0 bridgehead atoms. The van der Waals surface area contributed by atoms with Gasteiger partial charge in [-0.2, -0.15) is 0 Å². The molecule has 4 rings (SSSR count). The first-order valence-electron chi connectivity index (χ1n) is 11.5. The molecule has 8 heteroatoms. The van der Waals surface area contributed by atoms with Gasteiger partial charge in [0.05, 0.1) is 0 Å². The molecule has 168 valence electrons. The average Bonchev–Trinajstić information content (AvgIpc) is 3.49. The van der Waals surface area contributed by atoms with Crippen LogP contribution in [0.4, 0.5) is 5.69 Å². The van der Waals surface area contributed by atoms with E-state index < -0.39 is 0 Å². The van der Waals surface area contributed by atoms with E-state index in [4.69, 9.17) is 0 Å². The average molecular weight is 442 g/mol. The van der Waals surface area contributed by atoms with Crippen molar-refractivity contribution in [1.29, 1.82) is 0 Å². The van der Waals surface area contributed by atoms with Crippen LogP contribution in [0.25, 0.3) is 0 Å². The van der Waals surface area contributed by atoms with Gasteiger partial charge in [0.2, 0.25) is 0 Å². The van der Waals surface area contributed by atoms with Gasteiger partial charge in [-0.3, -0.25) is 4.99 Å². The van der Waals surface area contributed by atoms with Gasteiger partial charge in [0, 0.05) is 57.9 Å². The Kier molecular flexibility index (Phi) is 7.72. The number of anilines is 1. The maximum absolute atomic E-state index is 4.53. The Morgan fingerprint density at radius 1 is 1.10 bits per heavy atom. The first kappa shape index (κ1) is 22.0. The first-order chi connectivity index (χ1) is 15.3. The van der Waals surface area contributed by atoms with Crippen molar-refractivity contribution in [1.82, 2.24) is 25.0 Å². The summed E-state index contributed by atoms with van der Waals surface area (Å²) in [4.78, 5) is 9.34. The number of rotatable bonds is 7. The first-order valence-corrected chi connectivity index (χ1v) is 12.8. The Balaban J connectivity index is 1.25. The van der Waals surface area contributed by atoms with E-state index in [0.29, 0.717) is 6.04 Å². The highest BCUT2D eigenvalue weighted by atomic mass is 32.2. The fraction of sp³-hybridized carbons (Fsp3) is 0.609. The predicted octanol–water partition coefficient (Wildman–Crippen LogP) is 3.45. The molecule has 0 radical (unpaired) electrons. The van der Waals surface area contributed by atoms with Crippen LogP contribution in [0.15, 0.2) is 40.5 Å². The summed E-state index contributed by atoms with van der Waals surface area (Å²) in [5, 5.41) is 13.6. The molecule has 31 heavy (non-hydrogen) atoms. The quantitative estimate of drug-likeness (QED) is 0.307. The lowest BCUT2D eigenvalue weighted by atomic mass is 10.2. The highest BCUT2D eigenvalue weighted by Gasteiger charge is 2.23. The monoisotopic (exact) mass is 441 g/mol. The van der Waals surface area contributed by atoms with Crippen molar-refractivity contribution < 1.29 is 0 Å². The molecule has 0 unspecified atom stereocenters. The summed E-state index contributed by atoms with van der Waals surface area (Å²) in [5.74, 6) is 2.15. The number of nitrogens with one attached hydrogen (secondary N) is 1. The zero-order chi connectivity index (χ0) is 21.5. The Bertz CT molecular complexity index is 837. The Labute approximate surface area is 190 Å². The van der Waals surface area contributed by atoms with Crippen LogP contribution in [0.5, 0.6) is 0 Å². The Morgan fingerprint density at radius 3 is 2.52 bits per heavy atom. The number of hydrogen-bond acceptors (Lipinski definition) is 5. The van der Waals surface area contributed by atoms with Crippen LogP contribution >= 0.6 is 11.8 Å². The number of hydrogen-bond donors (Lipinski definition) is 1. The third kappa shape index (κ3) is 5.34. The second-order valence-corrected chi connectivity index (χ2v) is 9.07. The molecule has 0 amide bonds. The number of para-hydroxylation sites is 1. The molecule has 2 aromatic rings. The van der Waals surface area contributed by atoms with Crippen molar-refractivity contribution in [2.75, 3.05) is 50.9 Å². The van der Waals surface area contributed by atoms with Gasteiger partial charge in [0.15, 0.2) is 11.1 Å². The third-order valence-electron chi connectivity index (χ3n) is 6.38. The summed E-state index contributed by atoms with van der Waals surface area (Å²) in [6.45, 7) is 4.92. The molecular weight excluding hydrogens is 406 g/mol. The number of thioether (sulfide) groups is 1. The molecule has 2 fully saturated rings. The fourth-order valence-electron chi connectivity index (χ4n) is 4.74. The molecule has 1 aromatic heterocycles. The highest BCUT2D eigenvalue weighted by Crippen LogP contribution is 2.33. The van der Waals surface area contributed by atoms with E-state index in [1.807, 2.05) is 7.05 Å². The van der Waals surface area contributed by atoms with Crippen LogP contribution in [0.3, 0.4) is 0 Å². The lowest BCUT2D eigenvalue weighted by molar-refractivity contribution is 0.372. The number of aromatic nitrogens is 3. The standard InChI is InChI=1S/C23H35N7S/c1-24-22(29-17-15-28(16-18-29)19-9-4-3-5-10-19)25-14-8-13-21-26-27-23(31-2)30(21)20-11-6-7-12-20/h3-5,9-10,20H,6-8,11-18H2,1-2H3,(H,24,25). The lowest BCUT2D eigenvalue weighted by Gasteiger charge is -2.37. The van der Waals surface area contributed by atoms with Crippen LogP contribution in [-0.4, -0.2) is 71.7 Å². The van der Waals surface area contributed by atoms with Crippen LogP contribution in [0.2, 0.25) is 0 Å². The van der Waals surface area contributed by atoms with E-state index in [9.17, 15) is 0 Å². The van der Waals surface area contributed by atoms with Crippen molar-refractivity contribution in [2.45, 2.75) is 49.7 Å². The van der Waals surface area contributed by atoms with Gasteiger partial charge in [0.1, 0.15) is 5.82 Å². The molecule has 0 spiro atoms. The van der Waals surface area contributed by atoms with Crippen molar-refractivity contribution in [3.05, 3.63) is 36.2 Å². The third-order valence-corrected chi connectivity index (χ3v) is 7.02. The zero-order valence-corrected chi connectivity index (χ0v) is 19.7. The number of piperazine rings is 1. The summed E-state index contributed by atoms with van der Waals surface area (Å²) in [5.41, 5.74) is 1.31. The summed E-state index contributed by atoms with van der Waals surface area (Å²) in [6, 6.07) is 11.3. The molecule has 0 atom stereocenters. The molecular formula is C23H35N7S. The zero-order valence-electron chi connectivity index (χ0n) is 18.8. The Hall–Kier alpha value is -2.22. The number of nitrogens with zero attached hydrogens (tertiary/aromatic N) is 6. The smallest absolute Gasteiger partial charge is 0.193 e. The largest absolute Gasteiger partial charge is 0.368 e. The van der Waals surface area contributed by atoms with E-state index >= 15 is 0 Å². The van der Waals surface area contributed by atoms with E-state index in [-0.39, 0.29) is 0 Å². The fourth-order valence-corrected chi connectivity index (χ4v) is 5.31. The minimum Gasteiger partial charge on any atom is -0.368 e. The molecule has 1 saturated heterocycles. The van der Waals surface area contributed by atoms with Crippen molar-refractivity contribution >= 4 is 23.4 Å². The SMILES string of the molecule is CN=C(NCCCc1nnc(SC)n1C1CCCC1)N1CCN(c2ccccc2)CC1. The van der Waals surface area contributed by atoms with Gasteiger partial charge < -0.3 is 19.7 Å². The topological polar surface area (TPSA) is 61.6 Å². The van der Waals surface area contributed by atoms with Gasteiger partial charge >= 0.3 is 0 Å². The van der Waals surface area contributed by atoms with Gasteiger partial charge in [0.25, 0.3) is 0 Å². The molecule has 2 aliphatic rings. The number of guanidine groups is 1. The summed E-state index contributed by atoms with van der Waals surface area (Å²) >= 11 is 1.71. The number of benzene rings is 1. The molecule has 2 heterocycles. The summed E-state index contributed by atoms with van der Waals surface area (Å²) in [6.07, 6.45) is 9.26. The molecule has 1 saturated carbocycles. The van der Waals surface area contributed by atoms with Crippen molar-refractivity contribution in [3.63, 3.8) is 0 Å². The van der Waals surface area contributed by atoms with Crippen molar-refractivity contribution in [2.24, 2.45) is 4.99 Å². The van der Waals surface area contributed by atoms with Crippen LogP contribution < -0.4 is 10.2 Å². The van der Waals surface area contributed by atoms with E-state index in [1.165, 1.54) is 31.4 Å². The number of aryl methyl sites for hydroxylation is 1. The van der Waals surface area contributed by atoms with Crippen LogP contribution in [0, 0.1) is 0 Å². The van der Waals surface area contributed by atoms with Gasteiger partial charge in [-0.15, -0.1) is 10.2 Å². The van der Waals surface area contributed by atoms with Gasteiger partial charge in [-0.05, 0) is 37.7 Å². The van der Waals surface area contributed by atoms with Gasteiger partial charge in [-0.1, -0.05) is 42.8 Å². The molecule has 1 aliphatic heterocycles. The normalized spacial score (nSPS) is 18.1. The molecule has 1 aliphatic carbocycles. The predicted molar refractivity (Wildman–Crippen MR) is 129 cm³/mol. The maximum Gasteiger partial charge on any atom is 0.193 e. The van der Waals surface area contributed by atoms with Gasteiger partial charge in [-0.25, -0.2) is 0 Å². The highest BCUT2D eigenvalue weighted by molar-refractivity contribution is 7.98.